The van der Waals surface area contributed by atoms with Gasteiger partial charge in [-0.3, -0.25) is 9.78 Å². The lowest BCUT2D eigenvalue weighted by molar-refractivity contribution is -0.0885. The number of halogens is 3. The van der Waals surface area contributed by atoms with Crippen LogP contribution in [-0.2, 0) is 0 Å². The maximum Gasteiger partial charge on any atom is 0.454 e. The van der Waals surface area contributed by atoms with E-state index in [0.717, 1.165) is 6.07 Å². The predicted octanol–water partition coefficient (Wildman–Crippen LogP) is 2.14. The third-order valence-electron chi connectivity index (χ3n) is 1.51. The zero-order valence-electron chi connectivity index (χ0n) is 6.72. The molecule has 1 aromatic rings. The molecule has 1 heterocycles. The first-order valence-electron chi connectivity index (χ1n) is 3.46. The summed E-state index contributed by atoms with van der Waals surface area (Å²) in [6.07, 6.45) is -3.49. The summed E-state index contributed by atoms with van der Waals surface area (Å²) in [5.41, 5.74) is -0.306. The normalized spacial score (nSPS) is 11.4. The fourth-order valence-electron chi connectivity index (χ4n) is 0.877. The topological polar surface area (TPSA) is 30.0 Å². The molecule has 0 amide bonds. The molecule has 70 valence electrons. The van der Waals surface area contributed by atoms with Crippen LogP contribution in [0.15, 0.2) is 18.3 Å². The molecule has 0 radical (unpaired) electrons. The zero-order chi connectivity index (χ0) is 10.1. The molecule has 0 saturated heterocycles. The number of nitrogens with zero attached hydrogens (tertiary/aromatic N) is 1. The molecular formula is C8H6F3NO. The van der Waals surface area contributed by atoms with Gasteiger partial charge in [0, 0.05) is 17.5 Å². The van der Waals surface area contributed by atoms with Gasteiger partial charge in [-0.05, 0) is 19.1 Å². The molecule has 0 bridgehead atoms. The van der Waals surface area contributed by atoms with Crippen LogP contribution in [0.3, 0.4) is 0 Å². The van der Waals surface area contributed by atoms with Gasteiger partial charge in [0.15, 0.2) is 0 Å². The van der Waals surface area contributed by atoms with E-state index in [9.17, 15) is 18.0 Å². The molecule has 1 rings (SSSR count). The van der Waals surface area contributed by atoms with Crippen LogP contribution in [0.4, 0.5) is 13.2 Å². The Bertz CT molecular complexity index is 332. The van der Waals surface area contributed by atoms with E-state index in [1.807, 2.05) is 0 Å². The number of aromatic nitrogens is 1. The number of carbonyl (C=O) groups excluding carboxylic acids is 1. The number of ketones is 1. The number of alkyl halides is 3. The minimum absolute atomic E-state index is 0.0878. The summed E-state index contributed by atoms with van der Waals surface area (Å²) in [6.45, 7) is 1.36. The van der Waals surface area contributed by atoms with Crippen molar-refractivity contribution in [3.8, 4) is 0 Å². The molecular weight excluding hydrogens is 183 g/mol. The largest absolute Gasteiger partial charge is 0.454 e. The number of rotatable bonds is 1. The second-order valence-corrected chi connectivity index (χ2v) is 2.46. The van der Waals surface area contributed by atoms with Crippen molar-refractivity contribution in [1.29, 1.82) is 0 Å². The number of pyridine rings is 1. The molecule has 0 spiro atoms. The Balaban J connectivity index is 3.10. The monoisotopic (exact) mass is 189 g/mol. The van der Waals surface area contributed by atoms with Crippen molar-refractivity contribution < 1.29 is 18.0 Å². The lowest BCUT2D eigenvalue weighted by Gasteiger charge is -2.06. The highest BCUT2D eigenvalue weighted by Gasteiger charge is 2.40. The fraction of sp³-hybridized carbons (Fsp3) is 0.250. The molecule has 13 heavy (non-hydrogen) atoms. The van der Waals surface area contributed by atoms with Crippen molar-refractivity contribution in [1.82, 2.24) is 4.98 Å². The average molecular weight is 189 g/mol. The molecule has 5 heteroatoms. The van der Waals surface area contributed by atoms with Gasteiger partial charge in [-0.2, -0.15) is 13.2 Å². The third kappa shape index (κ3) is 2.05. The van der Waals surface area contributed by atoms with E-state index in [4.69, 9.17) is 0 Å². The van der Waals surface area contributed by atoms with Crippen molar-refractivity contribution in [3.05, 3.63) is 29.6 Å². The second kappa shape index (κ2) is 3.16. The van der Waals surface area contributed by atoms with E-state index >= 15 is 0 Å². The first-order valence-corrected chi connectivity index (χ1v) is 3.46. The molecule has 1 aromatic heterocycles. The van der Waals surface area contributed by atoms with Crippen LogP contribution >= 0.6 is 0 Å². The van der Waals surface area contributed by atoms with Crippen molar-refractivity contribution >= 4 is 5.78 Å². The van der Waals surface area contributed by atoms with Crippen molar-refractivity contribution in [3.63, 3.8) is 0 Å². The lowest BCUT2D eigenvalue weighted by atomic mass is 10.1. The van der Waals surface area contributed by atoms with E-state index in [-0.39, 0.29) is 5.69 Å². The van der Waals surface area contributed by atoms with E-state index in [0.29, 0.717) is 0 Å². The standard InChI is InChI=1S/C8H6F3NO/c1-5-6(3-2-4-12-5)7(13)8(9,10)11/h2-4H,1H3. The number of hydrogen-bond acceptors (Lipinski definition) is 2. The van der Waals surface area contributed by atoms with Gasteiger partial charge < -0.3 is 0 Å². The smallest absolute Gasteiger partial charge is 0.284 e. The Labute approximate surface area is 72.4 Å². The van der Waals surface area contributed by atoms with Crippen LogP contribution in [0.5, 0.6) is 0 Å². The molecule has 0 aliphatic carbocycles. The number of Topliss-reactive ketones (excluding diaryl/α,β-unsaturated/α-hetero) is 1. The van der Waals surface area contributed by atoms with Gasteiger partial charge in [0.05, 0.1) is 0 Å². The van der Waals surface area contributed by atoms with Gasteiger partial charge in [-0.25, -0.2) is 0 Å². The molecule has 0 aliphatic heterocycles. The zero-order valence-corrected chi connectivity index (χ0v) is 6.72. The van der Waals surface area contributed by atoms with Gasteiger partial charge in [-0.15, -0.1) is 0 Å². The SMILES string of the molecule is Cc1ncccc1C(=O)C(F)(F)F. The molecule has 0 unspecified atom stereocenters. The van der Waals surface area contributed by atoms with Gasteiger partial charge in [0.25, 0.3) is 5.78 Å². The summed E-state index contributed by atoms with van der Waals surface area (Å²) in [4.78, 5) is 14.3. The Kier molecular flexibility index (Phi) is 2.36. The Hall–Kier alpha value is -1.39. The van der Waals surface area contributed by atoms with Crippen molar-refractivity contribution in [2.24, 2.45) is 0 Å². The molecule has 0 aromatic carbocycles. The third-order valence-corrected chi connectivity index (χ3v) is 1.51. The lowest BCUT2D eigenvalue weighted by Crippen LogP contribution is -2.23. The first kappa shape index (κ1) is 9.70. The van der Waals surface area contributed by atoms with Crippen molar-refractivity contribution in [2.45, 2.75) is 13.1 Å². The fourth-order valence-corrected chi connectivity index (χ4v) is 0.877. The molecule has 0 fully saturated rings. The highest BCUT2D eigenvalue weighted by atomic mass is 19.4. The van der Waals surface area contributed by atoms with Crippen LogP contribution in [0.25, 0.3) is 0 Å². The van der Waals surface area contributed by atoms with Crippen LogP contribution < -0.4 is 0 Å². The van der Waals surface area contributed by atoms with Crippen LogP contribution in [0, 0.1) is 6.92 Å². The summed E-state index contributed by atoms with van der Waals surface area (Å²) in [5, 5.41) is 0. The van der Waals surface area contributed by atoms with E-state index < -0.39 is 17.5 Å². The van der Waals surface area contributed by atoms with Gasteiger partial charge in [0.1, 0.15) is 0 Å². The molecule has 0 saturated carbocycles. The maximum absolute atomic E-state index is 11.9. The average Bonchev–Trinajstić information content (AvgIpc) is 2.02. The highest BCUT2D eigenvalue weighted by Crippen LogP contribution is 2.22. The van der Waals surface area contributed by atoms with Crippen molar-refractivity contribution in [2.75, 3.05) is 0 Å². The summed E-state index contributed by atoms with van der Waals surface area (Å²) in [6, 6.07) is 2.41. The summed E-state index contributed by atoms with van der Waals surface area (Å²) >= 11 is 0. The maximum atomic E-state index is 11.9. The minimum Gasteiger partial charge on any atom is -0.284 e. The van der Waals surface area contributed by atoms with Crippen LogP contribution in [0.1, 0.15) is 16.1 Å². The first-order chi connectivity index (χ1) is 5.93. The second-order valence-electron chi connectivity index (χ2n) is 2.46. The number of carbonyl (C=O) groups is 1. The summed E-state index contributed by atoms with van der Waals surface area (Å²) < 4.78 is 35.8. The van der Waals surface area contributed by atoms with E-state index in [2.05, 4.69) is 4.98 Å². The minimum atomic E-state index is -4.83. The highest BCUT2D eigenvalue weighted by molar-refractivity contribution is 6.01. The molecule has 0 N–H and O–H groups in total. The van der Waals surface area contributed by atoms with Crippen LogP contribution in [0.2, 0.25) is 0 Å². The molecule has 0 atom stereocenters. The Morgan fingerprint density at radius 2 is 2.08 bits per heavy atom. The Morgan fingerprint density at radius 1 is 1.46 bits per heavy atom. The quantitative estimate of drug-likeness (QED) is 0.633. The number of hydrogen-bond donors (Lipinski definition) is 0. The van der Waals surface area contributed by atoms with Crippen LogP contribution in [-0.4, -0.2) is 16.9 Å². The van der Waals surface area contributed by atoms with E-state index in [1.165, 1.54) is 19.2 Å². The molecule has 0 aliphatic rings. The number of aryl methyl sites for hydroxylation is 1. The van der Waals surface area contributed by atoms with Gasteiger partial charge in [0.2, 0.25) is 0 Å². The Morgan fingerprint density at radius 3 is 2.54 bits per heavy atom. The van der Waals surface area contributed by atoms with Gasteiger partial charge in [-0.1, -0.05) is 0 Å². The summed E-state index contributed by atoms with van der Waals surface area (Å²) in [5.74, 6) is -1.85. The van der Waals surface area contributed by atoms with E-state index in [1.54, 1.807) is 0 Å². The van der Waals surface area contributed by atoms with Gasteiger partial charge >= 0.3 is 6.18 Å². The molecule has 2 nitrogen and oxygen atoms in total. The summed E-state index contributed by atoms with van der Waals surface area (Å²) in [7, 11) is 0. The predicted molar refractivity (Wildman–Crippen MR) is 39.4 cm³/mol.